The molecule has 0 aliphatic carbocycles. The molecule has 0 spiro atoms. The van der Waals surface area contributed by atoms with Crippen LogP contribution in [0.25, 0.3) is 0 Å². The van der Waals surface area contributed by atoms with Gasteiger partial charge in [-0.15, -0.1) is 0 Å². The molecule has 2 heterocycles. The molecule has 1 N–H and O–H groups in total. The van der Waals surface area contributed by atoms with Gasteiger partial charge in [0.25, 0.3) is 0 Å². The first kappa shape index (κ1) is 15.4. The van der Waals surface area contributed by atoms with E-state index < -0.39 is 11.7 Å². The number of nitrogens with one attached hydrogen (secondary N) is 1. The number of ether oxygens (including phenoxy) is 1. The van der Waals surface area contributed by atoms with Gasteiger partial charge in [-0.2, -0.15) is 13.2 Å². The van der Waals surface area contributed by atoms with Gasteiger partial charge < -0.3 is 10.1 Å². The molecule has 20 heavy (non-hydrogen) atoms. The van der Waals surface area contributed by atoms with Crippen molar-refractivity contribution in [2.45, 2.75) is 44.5 Å². The highest BCUT2D eigenvalue weighted by molar-refractivity contribution is 6.29. The molecule has 1 saturated heterocycles. The van der Waals surface area contributed by atoms with Crippen LogP contribution in [0, 0.1) is 0 Å². The first-order valence-corrected chi connectivity index (χ1v) is 6.69. The van der Waals surface area contributed by atoms with Gasteiger partial charge >= 0.3 is 6.18 Å². The third-order valence-electron chi connectivity index (χ3n) is 3.17. The average molecular weight is 309 g/mol. The van der Waals surface area contributed by atoms with Crippen molar-refractivity contribution < 1.29 is 17.9 Å². The predicted molar refractivity (Wildman–Crippen MR) is 70.9 cm³/mol. The highest BCUT2D eigenvalue weighted by Gasteiger charge is 2.33. The third kappa shape index (κ3) is 3.99. The van der Waals surface area contributed by atoms with Crippen LogP contribution in [-0.2, 0) is 10.9 Å². The van der Waals surface area contributed by atoms with E-state index in [1.807, 2.05) is 13.8 Å². The SMILES string of the molecule is CC1(C)CC(Nc2cc(C(F)(F)F)cc(Cl)n2)CCO1. The number of aromatic nitrogens is 1. The molecule has 1 fully saturated rings. The van der Waals surface area contributed by atoms with E-state index >= 15 is 0 Å². The van der Waals surface area contributed by atoms with Crippen LogP contribution in [-0.4, -0.2) is 23.2 Å². The lowest BCUT2D eigenvalue weighted by Crippen LogP contribution is -2.40. The maximum atomic E-state index is 12.7. The lowest BCUT2D eigenvalue weighted by Gasteiger charge is -2.36. The van der Waals surface area contributed by atoms with Crippen LogP contribution in [0.4, 0.5) is 19.0 Å². The topological polar surface area (TPSA) is 34.2 Å². The summed E-state index contributed by atoms with van der Waals surface area (Å²) in [6, 6.07) is 1.82. The number of nitrogens with zero attached hydrogens (tertiary/aromatic N) is 1. The maximum absolute atomic E-state index is 12.7. The van der Waals surface area contributed by atoms with E-state index in [4.69, 9.17) is 16.3 Å². The summed E-state index contributed by atoms with van der Waals surface area (Å²) in [5.41, 5.74) is -1.09. The minimum absolute atomic E-state index is 0.0193. The largest absolute Gasteiger partial charge is 0.416 e. The minimum Gasteiger partial charge on any atom is -0.375 e. The standard InChI is InChI=1S/C13H16ClF3N2O/c1-12(2)7-9(3-4-20-12)18-11-6-8(13(15,16)17)5-10(14)19-11/h5-6,9H,3-4,7H2,1-2H3,(H,18,19). The van der Waals surface area contributed by atoms with E-state index in [0.717, 1.165) is 18.6 Å². The van der Waals surface area contributed by atoms with Gasteiger partial charge in [-0.05, 0) is 38.8 Å². The maximum Gasteiger partial charge on any atom is 0.416 e. The molecule has 0 amide bonds. The summed E-state index contributed by atoms with van der Waals surface area (Å²) in [6.07, 6.45) is -3.01. The van der Waals surface area contributed by atoms with Crippen molar-refractivity contribution in [1.82, 2.24) is 4.98 Å². The molecule has 1 aliphatic rings. The highest BCUT2D eigenvalue weighted by Crippen LogP contribution is 2.33. The number of anilines is 1. The third-order valence-corrected chi connectivity index (χ3v) is 3.36. The van der Waals surface area contributed by atoms with Crippen LogP contribution in [0.3, 0.4) is 0 Å². The fourth-order valence-electron chi connectivity index (χ4n) is 2.30. The van der Waals surface area contributed by atoms with E-state index in [-0.39, 0.29) is 22.6 Å². The molecule has 7 heteroatoms. The minimum atomic E-state index is -4.43. The Morgan fingerprint density at radius 1 is 1.40 bits per heavy atom. The number of alkyl halides is 3. The van der Waals surface area contributed by atoms with Crippen molar-refractivity contribution in [2.24, 2.45) is 0 Å². The normalized spacial score (nSPS) is 22.6. The van der Waals surface area contributed by atoms with Gasteiger partial charge in [-0.1, -0.05) is 11.6 Å². The second-order valence-corrected chi connectivity index (χ2v) is 5.89. The van der Waals surface area contributed by atoms with Gasteiger partial charge in [0.1, 0.15) is 11.0 Å². The van der Waals surface area contributed by atoms with Crippen LogP contribution in [0.15, 0.2) is 12.1 Å². The quantitative estimate of drug-likeness (QED) is 0.834. The van der Waals surface area contributed by atoms with Crippen molar-refractivity contribution in [3.05, 3.63) is 22.8 Å². The van der Waals surface area contributed by atoms with Gasteiger partial charge in [-0.25, -0.2) is 4.98 Å². The Kier molecular flexibility index (Phi) is 4.16. The summed E-state index contributed by atoms with van der Waals surface area (Å²) in [7, 11) is 0. The van der Waals surface area contributed by atoms with Crippen molar-refractivity contribution in [2.75, 3.05) is 11.9 Å². The highest BCUT2D eigenvalue weighted by atomic mass is 35.5. The number of rotatable bonds is 2. The first-order valence-electron chi connectivity index (χ1n) is 6.31. The summed E-state index contributed by atoms with van der Waals surface area (Å²) in [6.45, 7) is 4.47. The Labute approximate surface area is 120 Å². The summed E-state index contributed by atoms with van der Waals surface area (Å²) < 4.78 is 43.7. The van der Waals surface area contributed by atoms with Crippen molar-refractivity contribution >= 4 is 17.4 Å². The molecule has 1 aliphatic heterocycles. The molecule has 3 nitrogen and oxygen atoms in total. The summed E-state index contributed by atoms with van der Waals surface area (Å²) >= 11 is 5.65. The van der Waals surface area contributed by atoms with Crippen molar-refractivity contribution in [1.29, 1.82) is 0 Å². The summed E-state index contributed by atoms with van der Waals surface area (Å²) in [4.78, 5) is 3.90. The Balaban J connectivity index is 2.15. The molecule has 0 radical (unpaired) electrons. The molecule has 1 aromatic heterocycles. The second-order valence-electron chi connectivity index (χ2n) is 5.50. The smallest absolute Gasteiger partial charge is 0.375 e. The van der Waals surface area contributed by atoms with Crippen LogP contribution in [0.2, 0.25) is 5.15 Å². The first-order chi connectivity index (χ1) is 9.16. The molecular weight excluding hydrogens is 293 g/mol. The fraction of sp³-hybridized carbons (Fsp3) is 0.615. The molecule has 0 bridgehead atoms. The molecule has 0 saturated carbocycles. The lowest BCUT2D eigenvalue weighted by molar-refractivity contribution is -0.137. The van der Waals surface area contributed by atoms with E-state index in [9.17, 15) is 13.2 Å². The van der Waals surface area contributed by atoms with Crippen molar-refractivity contribution in [3.63, 3.8) is 0 Å². The zero-order valence-corrected chi connectivity index (χ0v) is 12.0. The van der Waals surface area contributed by atoms with Crippen molar-refractivity contribution in [3.8, 4) is 0 Å². The van der Waals surface area contributed by atoms with Crippen LogP contribution >= 0.6 is 11.6 Å². The molecule has 0 aromatic carbocycles. The zero-order chi connectivity index (χ0) is 15.0. The Morgan fingerprint density at radius 2 is 2.10 bits per heavy atom. The summed E-state index contributed by atoms with van der Waals surface area (Å²) in [5.74, 6) is 0.146. The van der Waals surface area contributed by atoms with Crippen LogP contribution in [0.5, 0.6) is 0 Å². The van der Waals surface area contributed by atoms with E-state index in [1.54, 1.807) is 0 Å². The average Bonchev–Trinajstić information content (AvgIpc) is 2.25. The van der Waals surface area contributed by atoms with Crippen LogP contribution < -0.4 is 5.32 Å². The molecule has 1 atom stereocenters. The Hall–Kier alpha value is -1.01. The van der Waals surface area contributed by atoms with Gasteiger partial charge in [-0.3, -0.25) is 0 Å². The zero-order valence-electron chi connectivity index (χ0n) is 11.2. The monoisotopic (exact) mass is 308 g/mol. The van der Waals surface area contributed by atoms with E-state index in [1.165, 1.54) is 0 Å². The van der Waals surface area contributed by atoms with Gasteiger partial charge in [0.15, 0.2) is 0 Å². The molecule has 1 unspecified atom stereocenters. The number of hydrogen-bond acceptors (Lipinski definition) is 3. The Bertz CT molecular complexity index is 491. The number of pyridine rings is 1. The van der Waals surface area contributed by atoms with E-state index in [2.05, 4.69) is 10.3 Å². The number of halogens is 4. The molecular formula is C13H16ClF3N2O. The Morgan fingerprint density at radius 3 is 2.70 bits per heavy atom. The lowest BCUT2D eigenvalue weighted by atomic mass is 9.94. The van der Waals surface area contributed by atoms with Crippen LogP contribution in [0.1, 0.15) is 32.3 Å². The second kappa shape index (κ2) is 5.41. The summed E-state index contributed by atoms with van der Waals surface area (Å²) in [5, 5.41) is 2.84. The number of hydrogen-bond donors (Lipinski definition) is 1. The fourth-order valence-corrected chi connectivity index (χ4v) is 2.51. The molecule has 112 valence electrons. The molecule has 1 aromatic rings. The molecule has 2 rings (SSSR count). The van der Waals surface area contributed by atoms with Gasteiger partial charge in [0, 0.05) is 12.6 Å². The van der Waals surface area contributed by atoms with Gasteiger partial charge in [0.05, 0.1) is 11.2 Å². The predicted octanol–water partition coefficient (Wildman–Crippen LogP) is 4.12. The van der Waals surface area contributed by atoms with Gasteiger partial charge in [0.2, 0.25) is 0 Å². The van der Waals surface area contributed by atoms with E-state index in [0.29, 0.717) is 13.0 Å².